The van der Waals surface area contributed by atoms with Gasteiger partial charge in [-0.1, -0.05) is 29.3 Å². The Labute approximate surface area is 258 Å². The van der Waals surface area contributed by atoms with Gasteiger partial charge < -0.3 is 29.4 Å². The number of carbonyl (C=O) groups excluding carboxylic acids is 3. The van der Waals surface area contributed by atoms with Crippen molar-refractivity contribution in [1.82, 2.24) is 20.6 Å². The molecule has 3 amide bonds. The van der Waals surface area contributed by atoms with Gasteiger partial charge in [0.2, 0.25) is 0 Å². The van der Waals surface area contributed by atoms with Gasteiger partial charge in [0.1, 0.15) is 0 Å². The quantitative estimate of drug-likeness (QED) is 0.162. The van der Waals surface area contributed by atoms with E-state index in [2.05, 4.69) is 21.2 Å². The normalized spacial score (nSPS) is 14.8. The third-order valence-corrected chi connectivity index (χ3v) is 7.41. The zero-order valence-electron chi connectivity index (χ0n) is 24.2. The van der Waals surface area contributed by atoms with Gasteiger partial charge in [-0.2, -0.15) is 5.10 Å². The van der Waals surface area contributed by atoms with E-state index >= 15 is 0 Å². The highest BCUT2D eigenvalue weighted by Crippen LogP contribution is 2.34. The van der Waals surface area contributed by atoms with Gasteiger partial charge in [0, 0.05) is 28.3 Å². The van der Waals surface area contributed by atoms with Crippen molar-refractivity contribution in [2.75, 3.05) is 20.3 Å². The van der Waals surface area contributed by atoms with Crippen molar-refractivity contribution in [3.05, 3.63) is 86.3 Å². The molecule has 226 valence electrons. The number of hydrogen-bond donors (Lipinski definition) is 3. The van der Waals surface area contributed by atoms with Crippen molar-refractivity contribution in [1.29, 1.82) is 0 Å². The highest BCUT2D eigenvalue weighted by molar-refractivity contribution is 6.42. The monoisotopic (exact) mass is 627 g/mol. The summed E-state index contributed by atoms with van der Waals surface area (Å²) < 4.78 is 18.3. The second-order valence-corrected chi connectivity index (χ2v) is 10.4. The third-order valence-electron chi connectivity index (χ3n) is 6.67. The standard InChI is InChI=1S/C30H31Cl2N5O6/c1-6-42-29(39)27-17(3)34-30(40)35-28(27)19-7-10-24(25(12-19)41-5)43-15-26(38)36-33-14-20-11-16(2)37(18(20)4)21-8-9-22(31)23(32)13-21/h7-14,28H,6,15H2,1-5H3,(H,36,38)(H2,34,35,40). The minimum atomic E-state index is -0.771. The summed E-state index contributed by atoms with van der Waals surface area (Å²) in [7, 11) is 1.44. The molecule has 0 saturated heterocycles. The first-order valence-electron chi connectivity index (χ1n) is 13.3. The summed E-state index contributed by atoms with van der Waals surface area (Å²) in [6.07, 6.45) is 1.55. The van der Waals surface area contributed by atoms with E-state index in [-0.39, 0.29) is 24.5 Å². The van der Waals surface area contributed by atoms with Crippen LogP contribution >= 0.6 is 23.2 Å². The average Bonchev–Trinajstić information content (AvgIpc) is 3.25. The number of amides is 3. The molecule has 0 bridgehead atoms. The maximum Gasteiger partial charge on any atom is 0.338 e. The first-order chi connectivity index (χ1) is 20.5. The number of methoxy groups -OCH3 is 1. The molecule has 0 fully saturated rings. The van der Waals surface area contributed by atoms with Crippen molar-refractivity contribution in [3.63, 3.8) is 0 Å². The van der Waals surface area contributed by atoms with Gasteiger partial charge >= 0.3 is 12.0 Å². The summed E-state index contributed by atoms with van der Waals surface area (Å²) in [5.74, 6) is -0.453. The Bertz CT molecular complexity index is 1630. The summed E-state index contributed by atoms with van der Waals surface area (Å²) in [4.78, 5) is 37.2. The van der Waals surface area contributed by atoms with Crippen molar-refractivity contribution in [2.24, 2.45) is 5.10 Å². The van der Waals surface area contributed by atoms with Gasteiger partial charge in [0.05, 0.1) is 41.6 Å². The molecule has 2 heterocycles. The molecule has 3 aromatic rings. The van der Waals surface area contributed by atoms with Crippen LogP contribution in [0.15, 0.2) is 58.8 Å². The summed E-state index contributed by atoms with van der Waals surface area (Å²) in [5.41, 5.74) is 7.19. The van der Waals surface area contributed by atoms with Crippen LogP contribution in [-0.4, -0.2) is 49.0 Å². The maximum absolute atomic E-state index is 12.6. The zero-order valence-corrected chi connectivity index (χ0v) is 25.7. The second kappa shape index (κ2) is 13.7. The lowest BCUT2D eigenvalue weighted by atomic mass is 9.95. The summed E-state index contributed by atoms with van der Waals surface area (Å²) in [6.45, 7) is 7.05. The number of hydrazone groups is 1. The Kier molecular flexibility index (Phi) is 9.99. The van der Waals surface area contributed by atoms with Gasteiger partial charge in [0.15, 0.2) is 18.1 Å². The number of rotatable bonds is 10. The lowest BCUT2D eigenvalue weighted by molar-refractivity contribution is -0.139. The second-order valence-electron chi connectivity index (χ2n) is 9.54. The topological polar surface area (TPSA) is 132 Å². The molecule has 1 aliphatic heterocycles. The fraction of sp³-hybridized carbons (Fsp3) is 0.267. The fourth-order valence-corrected chi connectivity index (χ4v) is 4.99. The summed E-state index contributed by atoms with van der Waals surface area (Å²) >= 11 is 12.2. The van der Waals surface area contributed by atoms with Crippen LogP contribution in [-0.2, 0) is 14.3 Å². The number of ether oxygens (including phenoxy) is 3. The van der Waals surface area contributed by atoms with E-state index in [1.807, 2.05) is 30.5 Å². The third kappa shape index (κ3) is 7.12. The van der Waals surface area contributed by atoms with Gasteiger partial charge in [-0.25, -0.2) is 15.0 Å². The molecule has 1 aromatic heterocycles. The molecule has 0 spiro atoms. The zero-order chi connectivity index (χ0) is 31.3. The van der Waals surface area contributed by atoms with Gasteiger partial charge in [-0.05, 0) is 69.7 Å². The summed E-state index contributed by atoms with van der Waals surface area (Å²) in [5, 5.41) is 10.3. The molecule has 43 heavy (non-hydrogen) atoms. The molecule has 4 rings (SSSR count). The van der Waals surface area contributed by atoms with Crippen LogP contribution in [0.3, 0.4) is 0 Å². The van der Waals surface area contributed by atoms with E-state index in [4.69, 9.17) is 37.4 Å². The van der Waals surface area contributed by atoms with E-state index in [9.17, 15) is 14.4 Å². The first kappa shape index (κ1) is 31.5. The highest BCUT2D eigenvalue weighted by atomic mass is 35.5. The van der Waals surface area contributed by atoms with Crippen LogP contribution in [0.5, 0.6) is 11.5 Å². The van der Waals surface area contributed by atoms with Crippen LogP contribution < -0.4 is 25.5 Å². The van der Waals surface area contributed by atoms with E-state index in [0.717, 1.165) is 22.6 Å². The van der Waals surface area contributed by atoms with E-state index in [1.54, 1.807) is 50.4 Å². The molecule has 3 N–H and O–H groups in total. The van der Waals surface area contributed by atoms with Crippen LogP contribution in [0.2, 0.25) is 10.0 Å². The number of urea groups is 1. The van der Waals surface area contributed by atoms with Crippen molar-refractivity contribution >= 4 is 47.3 Å². The minimum absolute atomic E-state index is 0.184. The Balaban J connectivity index is 1.42. The lowest BCUT2D eigenvalue weighted by Gasteiger charge is -2.28. The van der Waals surface area contributed by atoms with Crippen LogP contribution in [0.4, 0.5) is 4.79 Å². The van der Waals surface area contributed by atoms with Crippen molar-refractivity contribution in [2.45, 2.75) is 33.7 Å². The van der Waals surface area contributed by atoms with E-state index in [1.165, 1.54) is 7.11 Å². The van der Waals surface area contributed by atoms with E-state index in [0.29, 0.717) is 27.1 Å². The summed E-state index contributed by atoms with van der Waals surface area (Å²) in [6, 6.07) is 11.0. The van der Waals surface area contributed by atoms with Crippen molar-refractivity contribution in [3.8, 4) is 17.2 Å². The molecule has 1 atom stereocenters. The molecule has 0 saturated carbocycles. The molecule has 0 aliphatic carbocycles. The minimum Gasteiger partial charge on any atom is -0.493 e. The SMILES string of the molecule is CCOC(=O)C1=C(C)NC(=O)NC1c1ccc(OCC(=O)NN=Cc2cc(C)n(-c3ccc(Cl)c(Cl)c3)c2C)c(OC)c1. The Morgan fingerprint density at radius 2 is 1.84 bits per heavy atom. The lowest BCUT2D eigenvalue weighted by Crippen LogP contribution is -2.45. The molecule has 13 heteroatoms. The van der Waals surface area contributed by atoms with E-state index < -0.39 is 23.9 Å². The smallest absolute Gasteiger partial charge is 0.338 e. The Morgan fingerprint density at radius 3 is 2.53 bits per heavy atom. The number of benzene rings is 2. The predicted octanol–water partition coefficient (Wildman–Crippen LogP) is 5.13. The molecule has 0 radical (unpaired) electrons. The predicted molar refractivity (Wildman–Crippen MR) is 163 cm³/mol. The highest BCUT2D eigenvalue weighted by Gasteiger charge is 2.32. The van der Waals surface area contributed by atoms with Gasteiger partial charge in [-0.3, -0.25) is 4.79 Å². The Hall–Kier alpha value is -4.48. The molecule has 1 unspecified atom stereocenters. The number of aryl methyl sites for hydroxylation is 1. The number of halogens is 2. The Morgan fingerprint density at radius 1 is 1.07 bits per heavy atom. The molecule has 2 aromatic carbocycles. The first-order valence-corrected chi connectivity index (χ1v) is 14.0. The molecule has 1 aliphatic rings. The average molecular weight is 629 g/mol. The number of nitrogens with one attached hydrogen (secondary N) is 3. The van der Waals surface area contributed by atoms with Gasteiger partial charge in [0.25, 0.3) is 5.91 Å². The number of allylic oxidation sites excluding steroid dienone is 1. The molecular weight excluding hydrogens is 597 g/mol. The molecule has 11 nitrogen and oxygen atoms in total. The van der Waals surface area contributed by atoms with Crippen molar-refractivity contribution < 1.29 is 28.6 Å². The number of carbonyl (C=O) groups is 3. The largest absolute Gasteiger partial charge is 0.493 e. The number of esters is 1. The van der Waals surface area contributed by atoms with Crippen LogP contribution in [0, 0.1) is 13.8 Å². The number of nitrogens with zero attached hydrogens (tertiary/aromatic N) is 2. The van der Waals surface area contributed by atoms with Crippen LogP contribution in [0.1, 0.15) is 42.4 Å². The van der Waals surface area contributed by atoms with Crippen LogP contribution in [0.25, 0.3) is 5.69 Å². The molecular formula is C30H31Cl2N5O6. The number of aromatic nitrogens is 1. The number of hydrogen-bond acceptors (Lipinski definition) is 7. The van der Waals surface area contributed by atoms with Gasteiger partial charge in [-0.15, -0.1) is 0 Å². The maximum atomic E-state index is 12.6. The fourth-order valence-electron chi connectivity index (χ4n) is 4.70.